The van der Waals surface area contributed by atoms with Crippen LogP contribution in [0, 0.1) is 0 Å². The molecule has 2 aromatic rings. The number of anilines is 2. The van der Waals surface area contributed by atoms with Crippen LogP contribution in [0.2, 0.25) is 0 Å². The van der Waals surface area contributed by atoms with E-state index in [0.717, 1.165) is 11.3 Å². The summed E-state index contributed by atoms with van der Waals surface area (Å²) < 4.78 is 0. The van der Waals surface area contributed by atoms with Crippen LogP contribution in [0.25, 0.3) is 0 Å². The third kappa shape index (κ3) is 5.01. The maximum Gasteiger partial charge on any atom is 0.256 e. The molecule has 0 aromatic heterocycles. The summed E-state index contributed by atoms with van der Waals surface area (Å²) in [5, 5.41) is 2.01. The van der Waals surface area contributed by atoms with E-state index in [1.807, 2.05) is 69.2 Å². The normalized spacial score (nSPS) is 11.6. The summed E-state index contributed by atoms with van der Waals surface area (Å²) >= 11 is 6.29. The third-order valence-electron chi connectivity index (χ3n) is 4.35. The SMILES string of the molecule is CCN(CC)C(=O)c1cc(NC(=O)C(Cl)c2ccccc2)ccc1N(C)C. The Morgan fingerprint density at radius 3 is 2.22 bits per heavy atom. The maximum atomic E-state index is 12.9. The van der Waals surface area contributed by atoms with Crippen LogP contribution in [-0.2, 0) is 4.79 Å². The fourth-order valence-electron chi connectivity index (χ4n) is 2.84. The zero-order valence-corrected chi connectivity index (χ0v) is 17.0. The van der Waals surface area contributed by atoms with E-state index in [-0.39, 0.29) is 11.8 Å². The van der Waals surface area contributed by atoms with E-state index in [1.165, 1.54) is 0 Å². The third-order valence-corrected chi connectivity index (χ3v) is 4.80. The summed E-state index contributed by atoms with van der Waals surface area (Å²) in [5.74, 6) is -0.396. The van der Waals surface area contributed by atoms with Gasteiger partial charge in [-0.2, -0.15) is 0 Å². The number of rotatable bonds is 7. The van der Waals surface area contributed by atoms with Gasteiger partial charge in [0, 0.05) is 38.6 Å². The number of hydrogen-bond donors (Lipinski definition) is 1. The first-order valence-electron chi connectivity index (χ1n) is 8.99. The molecule has 0 saturated carbocycles. The Morgan fingerprint density at radius 1 is 1.04 bits per heavy atom. The van der Waals surface area contributed by atoms with Crippen LogP contribution in [0.15, 0.2) is 48.5 Å². The minimum atomic E-state index is -0.804. The highest BCUT2D eigenvalue weighted by atomic mass is 35.5. The lowest BCUT2D eigenvalue weighted by atomic mass is 10.1. The molecule has 0 radical (unpaired) electrons. The molecule has 27 heavy (non-hydrogen) atoms. The monoisotopic (exact) mass is 387 g/mol. The second-order valence-corrected chi connectivity index (χ2v) is 6.80. The van der Waals surface area contributed by atoms with Gasteiger partial charge in [0.1, 0.15) is 5.38 Å². The highest BCUT2D eigenvalue weighted by Gasteiger charge is 2.21. The van der Waals surface area contributed by atoms with Crippen molar-refractivity contribution < 1.29 is 9.59 Å². The van der Waals surface area contributed by atoms with Gasteiger partial charge in [-0.25, -0.2) is 0 Å². The number of nitrogens with one attached hydrogen (secondary N) is 1. The number of carbonyl (C=O) groups excluding carboxylic acids is 2. The molecule has 1 atom stereocenters. The minimum Gasteiger partial charge on any atom is -0.377 e. The largest absolute Gasteiger partial charge is 0.377 e. The predicted molar refractivity (Wildman–Crippen MR) is 112 cm³/mol. The lowest BCUT2D eigenvalue weighted by Crippen LogP contribution is -2.32. The number of alkyl halides is 1. The number of carbonyl (C=O) groups is 2. The van der Waals surface area contributed by atoms with Crippen molar-refractivity contribution in [1.82, 2.24) is 4.90 Å². The fourth-order valence-corrected chi connectivity index (χ4v) is 3.04. The van der Waals surface area contributed by atoms with Crippen molar-refractivity contribution in [3.8, 4) is 0 Å². The van der Waals surface area contributed by atoms with E-state index in [4.69, 9.17) is 11.6 Å². The fraction of sp³-hybridized carbons (Fsp3) is 0.333. The standard InChI is InChI=1S/C21H26ClN3O2/c1-5-25(6-2)21(27)17-14-16(12-13-18(17)24(3)4)23-20(26)19(22)15-10-8-7-9-11-15/h7-14,19H,5-6H2,1-4H3,(H,23,26). The number of benzene rings is 2. The minimum absolute atomic E-state index is 0.0646. The van der Waals surface area contributed by atoms with Crippen molar-refractivity contribution in [3.63, 3.8) is 0 Å². The molecule has 0 fully saturated rings. The van der Waals surface area contributed by atoms with Crippen LogP contribution in [0.5, 0.6) is 0 Å². The molecule has 5 nitrogen and oxygen atoms in total. The number of amides is 2. The van der Waals surface area contributed by atoms with Gasteiger partial charge in [-0.3, -0.25) is 9.59 Å². The summed E-state index contributed by atoms with van der Waals surface area (Å²) in [6.07, 6.45) is 0. The van der Waals surface area contributed by atoms with Gasteiger partial charge in [-0.05, 0) is 37.6 Å². The summed E-state index contributed by atoms with van der Waals surface area (Å²) in [6.45, 7) is 5.13. The predicted octanol–water partition coefficient (Wildman–Crippen LogP) is 4.15. The molecule has 0 saturated heterocycles. The summed E-state index contributed by atoms with van der Waals surface area (Å²) in [4.78, 5) is 29.0. The van der Waals surface area contributed by atoms with Gasteiger partial charge in [0.25, 0.3) is 5.91 Å². The Morgan fingerprint density at radius 2 is 1.67 bits per heavy atom. The number of halogens is 1. The van der Waals surface area contributed by atoms with Crippen molar-refractivity contribution in [2.45, 2.75) is 19.2 Å². The smallest absolute Gasteiger partial charge is 0.256 e. The van der Waals surface area contributed by atoms with E-state index in [2.05, 4.69) is 5.32 Å². The molecule has 0 spiro atoms. The Hall–Kier alpha value is -2.53. The first kappa shape index (κ1) is 20.8. The first-order chi connectivity index (χ1) is 12.9. The van der Waals surface area contributed by atoms with Crippen molar-refractivity contribution in [3.05, 3.63) is 59.7 Å². The molecule has 2 amide bonds. The lowest BCUT2D eigenvalue weighted by Gasteiger charge is -2.24. The topological polar surface area (TPSA) is 52.7 Å². The van der Waals surface area contributed by atoms with Crippen molar-refractivity contribution in [2.24, 2.45) is 0 Å². The molecule has 0 aliphatic heterocycles. The van der Waals surface area contributed by atoms with Gasteiger partial charge in [0.15, 0.2) is 0 Å². The van der Waals surface area contributed by atoms with Crippen molar-refractivity contribution in [1.29, 1.82) is 0 Å². The molecule has 0 heterocycles. The van der Waals surface area contributed by atoms with Gasteiger partial charge in [0.05, 0.1) is 5.56 Å². The summed E-state index contributed by atoms with van der Waals surface area (Å²) in [5.41, 5.74) is 2.62. The quantitative estimate of drug-likeness (QED) is 0.726. The highest BCUT2D eigenvalue weighted by Crippen LogP contribution is 2.27. The van der Waals surface area contributed by atoms with E-state index in [1.54, 1.807) is 17.0 Å². The van der Waals surface area contributed by atoms with Crippen LogP contribution in [-0.4, -0.2) is 43.9 Å². The molecule has 1 unspecified atom stereocenters. The molecule has 1 N–H and O–H groups in total. The molecule has 0 bridgehead atoms. The van der Waals surface area contributed by atoms with Gasteiger partial charge in [-0.15, -0.1) is 11.6 Å². The van der Waals surface area contributed by atoms with Gasteiger partial charge in [0.2, 0.25) is 5.91 Å². The molecule has 6 heteroatoms. The molecule has 0 aliphatic rings. The first-order valence-corrected chi connectivity index (χ1v) is 9.43. The van der Waals surface area contributed by atoms with Crippen molar-refractivity contribution in [2.75, 3.05) is 37.4 Å². The maximum absolute atomic E-state index is 12.9. The van der Waals surface area contributed by atoms with E-state index < -0.39 is 5.38 Å². The average Bonchev–Trinajstić information content (AvgIpc) is 2.68. The van der Waals surface area contributed by atoms with Gasteiger partial charge >= 0.3 is 0 Å². The van der Waals surface area contributed by atoms with E-state index in [0.29, 0.717) is 24.3 Å². The van der Waals surface area contributed by atoms with Crippen LogP contribution >= 0.6 is 11.6 Å². The van der Waals surface area contributed by atoms with Gasteiger partial charge in [-0.1, -0.05) is 30.3 Å². The Balaban J connectivity index is 2.29. The second kappa shape index (κ2) is 9.42. The van der Waals surface area contributed by atoms with Crippen LogP contribution < -0.4 is 10.2 Å². The Labute approximate surface area is 165 Å². The molecular weight excluding hydrogens is 362 g/mol. The van der Waals surface area contributed by atoms with Crippen LogP contribution in [0.3, 0.4) is 0 Å². The summed E-state index contributed by atoms with van der Waals surface area (Å²) in [6, 6.07) is 14.5. The molecular formula is C21H26ClN3O2. The molecule has 2 aromatic carbocycles. The highest BCUT2D eigenvalue weighted by molar-refractivity contribution is 6.32. The number of nitrogens with zero attached hydrogens (tertiary/aromatic N) is 2. The molecule has 2 rings (SSSR count). The van der Waals surface area contributed by atoms with E-state index >= 15 is 0 Å². The number of hydrogen-bond acceptors (Lipinski definition) is 3. The van der Waals surface area contributed by atoms with Crippen molar-refractivity contribution >= 4 is 34.8 Å². The lowest BCUT2D eigenvalue weighted by molar-refractivity contribution is -0.116. The zero-order valence-electron chi connectivity index (χ0n) is 16.2. The molecule has 0 aliphatic carbocycles. The van der Waals surface area contributed by atoms with Crippen LogP contribution in [0.4, 0.5) is 11.4 Å². The molecule has 144 valence electrons. The Kier molecular flexibility index (Phi) is 7.25. The second-order valence-electron chi connectivity index (χ2n) is 6.37. The zero-order chi connectivity index (χ0) is 20.0. The summed E-state index contributed by atoms with van der Waals surface area (Å²) in [7, 11) is 3.77. The average molecular weight is 388 g/mol. The Bertz CT molecular complexity index is 789. The van der Waals surface area contributed by atoms with Crippen LogP contribution in [0.1, 0.15) is 35.1 Å². The van der Waals surface area contributed by atoms with Gasteiger partial charge < -0.3 is 15.1 Å². The van der Waals surface area contributed by atoms with E-state index in [9.17, 15) is 9.59 Å².